The van der Waals surface area contributed by atoms with Crippen LogP contribution in [-0.2, 0) is 15.7 Å². The number of carbonyl (C=O) groups excluding carboxylic acids is 1. The topological polar surface area (TPSA) is 81.4 Å². The molecular formula is C15H28N2O3S. The van der Waals surface area contributed by atoms with E-state index in [1.165, 1.54) is 0 Å². The van der Waals surface area contributed by atoms with Crippen molar-refractivity contribution in [2.24, 2.45) is 11.7 Å². The number of hydrogen-bond donors (Lipinski definition) is 2. The maximum atomic E-state index is 12.3. The van der Waals surface area contributed by atoms with Gasteiger partial charge in [-0.05, 0) is 59.3 Å². The molecule has 1 aliphatic carbocycles. The Labute approximate surface area is 130 Å². The summed E-state index contributed by atoms with van der Waals surface area (Å²) >= 11 is 0. The lowest BCUT2D eigenvalue weighted by Gasteiger charge is -2.41. The largest absolute Gasteiger partial charge is 0.446 e. The highest BCUT2D eigenvalue weighted by Crippen LogP contribution is 2.37. The van der Waals surface area contributed by atoms with Crippen molar-refractivity contribution in [2.45, 2.75) is 69.8 Å². The third kappa shape index (κ3) is 5.79. The molecule has 0 bridgehead atoms. The molecule has 0 aromatic heterocycles. The lowest BCUT2D eigenvalue weighted by Crippen LogP contribution is -2.50. The monoisotopic (exact) mass is 316 g/mol. The lowest BCUT2D eigenvalue weighted by atomic mass is 9.74. The summed E-state index contributed by atoms with van der Waals surface area (Å²) in [4.78, 5) is 10.7. The van der Waals surface area contributed by atoms with Crippen LogP contribution in [0.1, 0.15) is 53.4 Å². The normalized spacial score (nSPS) is 26.3. The van der Waals surface area contributed by atoms with Gasteiger partial charge in [-0.15, -0.1) is 6.58 Å². The number of rotatable bonds is 7. The molecule has 0 radical (unpaired) electrons. The van der Waals surface area contributed by atoms with Gasteiger partial charge >= 0.3 is 6.09 Å². The van der Waals surface area contributed by atoms with Crippen molar-refractivity contribution >= 4 is 17.1 Å². The van der Waals surface area contributed by atoms with Crippen molar-refractivity contribution in [1.82, 2.24) is 4.72 Å². The zero-order valence-electron chi connectivity index (χ0n) is 13.5. The zero-order chi connectivity index (χ0) is 16.3. The van der Waals surface area contributed by atoms with Gasteiger partial charge in [0.05, 0.1) is 15.7 Å². The number of primary amides is 1. The van der Waals surface area contributed by atoms with E-state index < -0.39 is 17.1 Å². The molecule has 2 atom stereocenters. The number of amides is 1. The molecule has 3 N–H and O–H groups in total. The summed E-state index contributed by atoms with van der Waals surface area (Å²) in [5.74, 6) is 0.448. The number of ether oxygens (including phenoxy) is 1. The molecular weight excluding hydrogens is 288 g/mol. The third-order valence-electron chi connectivity index (χ3n) is 3.70. The molecule has 0 aromatic rings. The number of nitrogens with one attached hydrogen (secondary N) is 1. The number of hydrogen-bond acceptors (Lipinski definition) is 3. The van der Waals surface area contributed by atoms with Crippen molar-refractivity contribution in [2.75, 3.05) is 0 Å². The Bertz CT molecular complexity index is 414. The molecule has 0 saturated heterocycles. The summed E-state index contributed by atoms with van der Waals surface area (Å²) in [5.41, 5.74) is 4.75. The minimum atomic E-state index is -1.12. The quantitative estimate of drug-likeness (QED) is 0.708. The summed E-state index contributed by atoms with van der Waals surface area (Å²) in [6.45, 7) is 11.7. The first-order valence-electron chi connectivity index (χ1n) is 7.32. The fraction of sp³-hybridized carbons (Fsp3) is 0.800. The van der Waals surface area contributed by atoms with Gasteiger partial charge in [-0.3, -0.25) is 0 Å². The standard InChI is InChI=1S/C15H28N2O3S/c1-6-7-15(5,17-21(19)14(2,3)4)10-11-8-12(9-11)20-13(16)18/h6,11-12,17H,1,7-10H2,2-5H3,(H2,16,18)/t11?,12?,15-,21?/m0/s1. The molecule has 5 nitrogen and oxygen atoms in total. The van der Waals surface area contributed by atoms with E-state index in [0.29, 0.717) is 5.92 Å². The summed E-state index contributed by atoms with van der Waals surface area (Å²) in [5, 5.41) is 0. The summed E-state index contributed by atoms with van der Waals surface area (Å²) in [7, 11) is -1.12. The number of carbonyl (C=O) groups is 1. The first-order valence-corrected chi connectivity index (χ1v) is 8.47. The summed E-state index contributed by atoms with van der Waals surface area (Å²) in [6.07, 6.45) is 4.33. The van der Waals surface area contributed by atoms with E-state index in [1.807, 2.05) is 26.8 Å². The van der Waals surface area contributed by atoms with Gasteiger partial charge in [0.2, 0.25) is 0 Å². The van der Waals surface area contributed by atoms with Crippen molar-refractivity contribution in [3.05, 3.63) is 12.7 Å². The van der Waals surface area contributed by atoms with Gasteiger partial charge < -0.3 is 10.5 Å². The van der Waals surface area contributed by atoms with Gasteiger partial charge in [-0.25, -0.2) is 13.7 Å². The second kappa shape index (κ2) is 6.92. The van der Waals surface area contributed by atoms with Crippen molar-refractivity contribution in [1.29, 1.82) is 0 Å². The van der Waals surface area contributed by atoms with Crippen LogP contribution in [0.15, 0.2) is 12.7 Å². The highest BCUT2D eigenvalue weighted by Gasteiger charge is 2.38. The van der Waals surface area contributed by atoms with Gasteiger partial charge in [0.15, 0.2) is 0 Å². The second-order valence-corrected chi connectivity index (χ2v) is 9.10. The molecule has 1 aliphatic rings. The Morgan fingerprint density at radius 1 is 1.43 bits per heavy atom. The summed E-state index contributed by atoms with van der Waals surface area (Å²) < 4.78 is 20.2. The van der Waals surface area contributed by atoms with E-state index >= 15 is 0 Å². The van der Waals surface area contributed by atoms with Crippen LogP contribution in [0.25, 0.3) is 0 Å². The minimum absolute atomic E-state index is 0.0615. The fourth-order valence-corrected chi connectivity index (χ4v) is 3.52. The Morgan fingerprint density at radius 3 is 2.43 bits per heavy atom. The van der Waals surface area contributed by atoms with Gasteiger partial charge in [-0.2, -0.15) is 0 Å². The first kappa shape index (κ1) is 18.2. The average molecular weight is 316 g/mol. The highest BCUT2D eigenvalue weighted by atomic mass is 32.2. The molecule has 1 saturated carbocycles. The fourth-order valence-electron chi connectivity index (χ4n) is 2.60. The molecule has 21 heavy (non-hydrogen) atoms. The van der Waals surface area contributed by atoms with Crippen molar-refractivity contribution < 1.29 is 13.7 Å². The third-order valence-corrected chi connectivity index (χ3v) is 5.50. The molecule has 1 fully saturated rings. The molecule has 122 valence electrons. The smallest absolute Gasteiger partial charge is 0.404 e. The van der Waals surface area contributed by atoms with Crippen LogP contribution in [-0.4, -0.2) is 26.7 Å². The Kier molecular flexibility index (Phi) is 5.99. The Hall–Kier alpha value is -0.880. The first-order chi connectivity index (χ1) is 9.55. The van der Waals surface area contributed by atoms with Gasteiger partial charge in [0.25, 0.3) is 0 Å². The van der Waals surface area contributed by atoms with Crippen molar-refractivity contribution in [3.63, 3.8) is 0 Å². The van der Waals surface area contributed by atoms with E-state index in [4.69, 9.17) is 10.5 Å². The maximum Gasteiger partial charge on any atom is 0.404 e. The van der Waals surface area contributed by atoms with Crippen LogP contribution in [0.4, 0.5) is 4.79 Å². The maximum absolute atomic E-state index is 12.3. The van der Waals surface area contributed by atoms with E-state index in [0.717, 1.165) is 25.7 Å². The van der Waals surface area contributed by atoms with E-state index in [1.54, 1.807) is 0 Å². The zero-order valence-corrected chi connectivity index (χ0v) is 14.3. The average Bonchev–Trinajstić information content (AvgIpc) is 2.24. The van der Waals surface area contributed by atoms with Crippen molar-refractivity contribution in [3.8, 4) is 0 Å². The lowest BCUT2D eigenvalue weighted by molar-refractivity contribution is 0.0119. The van der Waals surface area contributed by atoms with Gasteiger partial charge in [0, 0.05) is 5.54 Å². The van der Waals surface area contributed by atoms with Crippen LogP contribution in [0.3, 0.4) is 0 Å². The molecule has 0 heterocycles. The molecule has 0 aliphatic heterocycles. The van der Waals surface area contributed by atoms with Gasteiger partial charge in [-0.1, -0.05) is 6.08 Å². The second-order valence-electron chi connectivity index (χ2n) is 7.14. The van der Waals surface area contributed by atoms with Crippen LogP contribution in [0.2, 0.25) is 0 Å². The molecule has 0 spiro atoms. The van der Waals surface area contributed by atoms with Crippen LogP contribution < -0.4 is 10.5 Å². The van der Waals surface area contributed by atoms with E-state index in [9.17, 15) is 9.00 Å². The molecule has 6 heteroatoms. The van der Waals surface area contributed by atoms with Gasteiger partial charge in [0.1, 0.15) is 6.10 Å². The molecule has 0 aromatic carbocycles. The SMILES string of the molecule is C=CC[C@@](C)(CC1CC(OC(N)=O)C1)NS(=O)C(C)(C)C. The predicted molar refractivity (Wildman–Crippen MR) is 86.0 cm³/mol. The molecule has 1 unspecified atom stereocenters. The highest BCUT2D eigenvalue weighted by molar-refractivity contribution is 7.84. The Morgan fingerprint density at radius 2 is 2.00 bits per heavy atom. The van der Waals surface area contributed by atoms with Crippen LogP contribution >= 0.6 is 0 Å². The van der Waals surface area contributed by atoms with Crippen LogP contribution in [0.5, 0.6) is 0 Å². The summed E-state index contributed by atoms with van der Waals surface area (Å²) in [6, 6.07) is 0. The Balaban J connectivity index is 2.56. The van der Waals surface area contributed by atoms with E-state index in [-0.39, 0.29) is 16.4 Å². The van der Waals surface area contributed by atoms with E-state index in [2.05, 4.69) is 18.2 Å². The molecule has 1 rings (SSSR count). The van der Waals surface area contributed by atoms with Crippen LogP contribution in [0, 0.1) is 5.92 Å². The predicted octanol–water partition coefficient (Wildman–Crippen LogP) is 2.64. The number of nitrogens with two attached hydrogens (primary N) is 1. The molecule has 1 amide bonds. The minimum Gasteiger partial charge on any atom is -0.446 e.